The molecule has 0 radical (unpaired) electrons. The van der Waals surface area contributed by atoms with Crippen LogP contribution in [0.15, 0.2) is 0 Å². The number of carbonyl (C=O) groups is 1. The van der Waals surface area contributed by atoms with Crippen molar-refractivity contribution in [1.29, 1.82) is 0 Å². The number of aliphatic hydroxyl groups excluding tert-OH is 1. The standard InChI is InChI=1S/C10H19NO4/c1-9(2,3)15-8(13)11-4-10(5-12)6-14-7-10/h12H,4-7H2,1-3H3,(H,11,13). The molecule has 1 aliphatic heterocycles. The van der Waals surface area contributed by atoms with Gasteiger partial charge in [0.05, 0.1) is 25.2 Å². The summed E-state index contributed by atoms with van der Waals surface area (Å²) in [4.78, 5) is 11.3. The molecule has 1 saturated heterocycles. The van der Waals surface area contributed by atoms with Crippen molar-refractivity contribution in [2.24, 2.45) is 5.41 Å². The minimum absolute atomic E-state index is 0.0167. The van der Waals surface area contributed by atoms with E-state index in [2.05, 4.69) is 5.32 Å². The van der Waals surface area contributed by atoms with Gasteiger partial charge >= 0.3 is 6.09 Å². The zero-order chi connectivity index (χ0) is 11.5. The second-order valence-electron chi connectivity index (χ2n) is 5.01. The smallest absolute Gasteiger partial charge is 0.407 e. The van der Waals surface area contributed by atoms with Crippen LogP contribution in [-0.4, -0.2) is 43.2 Å². The van der Waals surface area contributed by atoms with Crippen LogP contribution in [-0.2, 0) is 9.47 Å². The van der Waals surface area contributed by atoms with Gasteiger partial charge < -0.3 is 19.9 Å². The maximum atomic E-state index is 11.3. The molecule has 0 spiro atoms. The SMILES string of the molecule is CC(C)(C)OC(=O)NCC1(CO)COC1. The summed E-state index contributed by atoms with van der Waals surface area (Å²) < 4.78 is 10.1. The Hall–Kier alpha value is -0.810. The summed E-state index contributed by atoms with van der Waals surface area (Å²) in [7, 11) is 0. The molecule has 0 saturated carbocycles. The van der Waals surface area contributed by atoms with Crippen LogP contribution in [0.4, 0.5) is 4.79 Å². The van der Waals surface area contributed by atoms with Crippen LogP contribution < -0.4 is 5.32 Å². The lowest BCUT2D eigenvalue weighted by atomic mass is 9.87. The van der Waals surface area contributed by atoms with Gasteiger partial charge in [0.25, 0.3) is 0 Å². The predicted molar refractivity (Wildman–Crippen MR) is 54.6 cm³/mol. The molecule has 1 amide bonds. The van der Waals surface area contributed by atoms with Crippen LogP contribution in [0.25, 0.3) is 0 Å². The normalized spacial score (nSPS) is 19.2. The summed E-state index contributed by atoms with van der Waals surface area (Å²) in [5.41, 5.74) is -0.802. The Bertz CT molecular complexity index is 225. The fourth-order valence-corrected chi connectivity index (χ4v) is 1.21. The average Bonchev–Trinajstić information content (AvgIpc) is 1.99. The molecule has 5 heteroatoms. The van der Waals surface area contributed by atoms with Gasteiger partial charge in [-0.15, -0.1) is 0 Å². The van der Waals surface area contributed by atoms with E-state index in [-0.39, 0.29) is 12.0 Å². The lowest BCUT2D eigenvalue weighted by Crippen LogP contribution is -2.53. The first kappa shape index (κ1) is 12.3. The topological polar surface area (TPSA) is 67.8 Å². The van der Waals surface area contributed by atoms with E-state index in [0.29, 0.717) is 19.8 Å². The molecule has 0 aromatic heterocycles. The van der Waals surface area contributed by atoms with E-state index in [0.717, 1.165) is 0 Å². The third-order valence-electron chi connectivity index (χ3n) is 2.16. The maximum absolute atomic E-state index is 11.3. The first-order valence-corrected chi connectivity index (χ1v) is 5.02. The largest absolute Gasteiger partial charge is 0.444 e. The van der Waals surface area contributed by atoms with Crippen molar-refractivity contribution in [2.75, 3.05) is 26.4 Å². The Labute approximate surface area is 89.8 Å². The molecule has 88 valence electrons. The summed E-state index contributed by atoms with van der Waals surface area (Å²) >= 11 is 0. The summed E-state index contributed by atoms with van der Waals surface area (Å²) in [6.07, 6.45) is -0.456. The number of amides is 1. The zero-order valence-electron chi connectivity index (χ0n) is 9.50. The van der Waals surface area contributed by atoms with Gasteiger partial charge in [-0.05, 0) is 20.8 Å². The number of hydrogen-bond donors (Lipinski definition) is 2. The number of carbonyl (C=O) groups excluding carboxylic acids is 1. The molecular formula is C10H19NO4. The van der Waals surface area contributed by atoms with Crippen molar-refractivity contribution in [3.63, 3.8) is 0 Å². The van der Waals surface area contributed by atoms with Crippen LogP contribution in [0.5, 0.6) is 0 Å². The molecule has 1 fully saturated rings. The molecule has 5 nitrogen and oxygen atoms in total. The predicted octanol–water partition coefficient (Wildman–Crippen LogP) is 0.520. The Morgan fingerprint density at radius 2 is 2.13 bits per heavy atom. The zero-order valence-corrected chi connectivity index (χ0v) is 9.50. The van der Waals surface area contributed by atoms with Gasteiger partial charge in [0, 0.05) is 6.54 Å². The van der Waals surface area contributed by atoms with Crippen LogP contribution >= 0.6 is 0 Å². The molecular weight excluding hydrogens is 198 g/mol. The van der Waals surface area contributed by atoms with Crippen molar-refractivity contribution in [1.82, 2.24) is 5.32 Å². The highest BCUT2D eigenvalue weighted by atomic mass is 16.6. The molecule has 0 aliphatic carbocycles. The van der Waals surface area contributed by atoms with Gasteiger partial charge in [-0.1, -0.05) is 0 Å². The van der Waals surface area contributed by atoms with Gasteiger partial charge in [0.2, 0.25) is 0 Å². The molecule has 1 rings (SSSR count). The molecule has 0 atom stereocenters. The highest BCUT2D eigenvalue weighted by Crippen LogP contribution is 2.25. The summed E-state index contributed by atoms with van der Waals surface area (Å²) in [6, 6.07) is 0. The Morgan fingerprint density at radius 1 is 1.53 bits per heavy atom. The highest BCUT2D eigenvalue weighted by molar-refractivity contribution is 5.67. The third-order valence-corrected chi connectivity index (χ3v) is 2.16. The molecule has 2 N–H and O–H groups in total. The molecule has 0 aromatic rings. The highest BCUT2D eigenvalue weighted by Gasteiger charge is 2.38. The van der Waals surface area contributed by atoms with Crippen LogP contribution in [0.2, 0.25) is 0 Å². The number of alkyl carbamates (subject to hydrolysis) is 1. The van der Waals surface area contributed by atoms with Crippen LogP contribution in [0.3, 0.4) is 0 Å². The number of rotatable bonds is 3. The Balaban J connectivity index is 2.27. The number of ether oxygens (including phenoxy) is 2. The van der Waals surface area contributed by atoms with Crippen molar-refractivity contribution in [3.8, 4) is 0 Å². The molecule has 0 unspecified atom stereocenters. The fourth-order valence-electron chi connectivity index (χ4n) is 1.21. The summed E-state index contributed by atoms with van der Waals surface area (Å²) in [5, 5.41) is 11.7. The quantitative estimate of drug-likeness (QED) is 0.723. The van der Waals surface area contributed by atoms with Crippen LogP contribution in [0, 0.1) is 5.41 Å². The van der Waals surface area contributed by atoms with E-state index in [9.17, 15) is 4.79 Å². The first-order chi connectivity index (χ1) is 6.87. The van der Waals surface area contributed by atoms with E-state index in [4.69, 9.17) is 14.6 Å². The minimum Gasteiger partial charge on any atom is -0.444 e. The van der Waals surface area contributed by atoms with Gasteiger partial charge in [0.1, 0.15) is 5.60 Å². The molecule has 1 heterocycles. The minimum atomic E-state index is -0.493. The second kappa shape index (κ2) is 4.37. The van der Waals surface area contributed by atoms with Gasteiger partial charge in [0.15, 0.2) is 0 Å². The average molecular weight is 217 g/mol. The molecule has 0 bridgehead atoms. The molecule has 0 aromatic carbocycles. The Kier molecular flexibility index (Phi) is 3.57. The van der Waals surface area contributed by atoms with Crippen molar-refractivity contribution >= 4 is 6.09 Å². The second-order valence-corrected chi connectivity index (χ2v) is 5.01. The Morgan fingerprint density at radius 3 is 2.47 bits per heavy atom. The molecule has 15 heavy (non-hydrogen) atoms. The summed E-state index contributed by atoms with van der Waals surface area (Å²) in [5.74, 6) is 0. The van der Waals surface area contributed by atoms with Gasteiger partial charge in [-0.3, -0.25) is 0 Å². The van der Waals surface area contributed by atoms with E-state index in [1.807, 2.05) is 0 Å². The number of aliphatic hydroxyl groups is 1. The van der Waals surface area contributed by atoms with Gasteiger partial charge in [-0.2, -0.15) is 0 Å². The van der Waals surface area contributed by atoms with Gasteiger partial charge in [-0.25, -0.2) is 4.79 Å². The van der Waals surface area contributed by atoms with E-state index < -0.39 is 11.7 Å². The van der Waals surface area contributed by atoms with Crippen molar-refractivity contribution < 1.29 is 19.4 Å². The van der Waals surface area contributed by atoms with Crippen LogP contribution in [0.1, 0.15) is 20.8 Å². The summed E-state index contributed by atoms with van der Waals surface area (Å²) in [6.45, 7) is 6.79. The van der Waals surface area contributed by atoms with E-state index in [1.54, 1.807) is 20.8 Å². The van der Waals surface area contributed by atoms with Crippen molar-refractivity contribution in [2.45, 2.75) is 26.4 Å². The molecule has 1 aliphatic rings. The number of nitrogens with one attached hydrogen (secondary N) is 1. The third kappa shape index (κ3) is 3.68. The van der Waals surface area contributed by atoms with E-state index >= 15 is 0 Å². The monoisotopic (exact) mass is 217 g/mol. The lowest BCUT2D eigenvalue weighted by molar-refractivity contribution is -0.133. The fraction of sp³-hybridized carbons (Fsp3) is 0.900. The maximum Gasteiger partial charge on any atom is 0.407 e. The lowest BCUT2D eigenvalue weighted by Gasteiger charge is -2.39. The first-order valence-electron chi connectivity index (χ1n) is 5.02. The van der Waals surface area contributed by atoms with E-state index in [1.165, 1.54) is 0 Å². The van der Waals surface area contributed by atoms with Crippen molar-refractivity contribution in [3.05, 3.63) is 0 Å². The number of hydrogen-bond acceptors (Lipinski definition) is 4.